The molecule has 0 unspecified atom stereocenters. The van der Waals surface area contributed by atoms with Crippen LogP contribution in [-0.2, 0) is 0 Å². The van der Waals surface area contributed by atoms with Crippen molar-refractivity contribution in [2.24, 2.45) is 11.1 Å². The first kappa shape index (κ1) is 15.8. The van der Waals surface area contributed by atoms with Crippen LogP contribution in [0.5, 0.6) is 11.5 Å². The molecule has 0 spiro atoms. The zero-order chi connectivity index (χ0) is 15.3. The van der Waals surface area contributed by atoms with Gasteiger partial charge in [-0.3, -0.25) is 4.79 Å². The maximum atomic E-state index is 13.0. The summed E-state index contributed by atoms with van der Waals surface area (Å²) < 4.78 is 10.5. The minimum atomic E-state index is -0.407. The monoisotopic (exact) mass is 291 g/mol. The van der Waals surface area contributed by atoms with Crippen molar-refractivity contribution in [3.05, 3.63) is 23.8 Å². The molecule has 0 heterocycles. The van der Waals surface area contributed by atoms with Gasteiger partial charge in [0.15, 0.2) is 17.3 Å². The minimum absolute atomic E-state index is 0.146. The Bertz CT molecular complexity index is 491. The molecule has 4 heteroatoms. The van der Waals surface area contributed by atoms with Gasteiger partial charge in [-0.1, -0.05) is 25.7 Å². The first-order chi connectivity index (χ1) is 10.2. The van der Waals surface area contributed by atoms with Crippen molar-refractivity contribution in [2.45, 2.75) is 38.5 Å². The van der Waals surface area contributed by atoms with E-state index in [4.69, 9.17) is 15.2 Å². The van der Waals surface area contributed by atoms with Gasteiger partial charge in [-0.25, -0.2) is 0 Å². The molecule has 1 aliphatic rings. The molecule has 1 aromatic rings. The Kier molecular flexibility index (Phi) is 5.23. The van der Waals surface area contributed by atoms with Crippen molar-refractivity contribution in [1.82, 2.24) is 0 Å². The van der Waals surface area contributed by atoms with Crippen LogP contribution in [0.1, 0.15) is 48.9 Å². The van der Waals surface area contributed by atoms with Crippen LogP contribution in [0.25, 0.3) is 0 Å². The number of Topliss-reactive ketones (excluding diaryl/α,β-unsaturated/α-hetero) is 1. The number of carbonyl (C=O) groups is 1. The fourth-order valence-corrected chi connectivity index (χ4v) is 3.21. The molecule has 1 saturated carbocycles. The first-order valence-electron chi connectivity index (χ1n) is 7.64. The van der Waals surface area contributed by atoms with Gasteiger partial charge in [0.2, 0.25) is 0 Å². The number of hydrogen-bond donors (Lipinski definition) is 1. The fourth-order valence-electron chi connectivity index (χ4n) is 3.21. The molecule has 1 aromatic carbocycles. The summed E-state index contributed by atoms with van der Waals surface area (Å²) in [4.78, 5) is 13.0. The predicted octanol–water partition coefficient (Wildman–Crippen LogP) is 3.19. The van der Waals surface area contributed by atoms with E-state index in [0.717, 1.165) is 25.7 Å². The maximum Gasteiger partial charge on any atom is 0.170 e. The molecular formula is C17H25NO3. The number of benzene rings is 1. The van der Waals surface area contributed by atoms with E-state index >= 15 is 0 Å². The molecule has 4 nitrogen and oxygen atoms in total. The lowest BCUT2D eigenvalue weighted by Crippen LogP contribution is -2.38. The van der Waals surface area contributed by atoms with E-state index in [9.17, 15) is 4.79 Å². The number of hydrogen-bond acceptors (Lipinski definition) is 4. The van der Waals surface area contributed by atoms with Gasteiger partial charge < -0.3 is 15.2 Å². The van der Waals surface area contributed by atoms with Gasteiger partial charge >= 0.3 is 0 Å². The van der Waals surface area contributed by atoms with Crippen LogP contribution in [0, 0.1) is 5.41 Å². The number of methoxy groups -OCH3 is 2. The number of carbonyl (C=O) groups excluding carboxylic acids is 1. The molecule has 116 valence electrons. The van der Waals surface area contributed by atoms with E-state index in [-0.39, 0.29) is 5.78 Å². The Hall–Kier alpha value is -1.55. The summed E-state index contributed by atoms with van der Waals surface area (Å²) in [5.41, 5.74) is 6.26. The van der Waals surface area contributed by atoms with Gasteiger partial charge in [0.25, 0.3) is 0 Å². The summed E-state index contributed by atoms with van der Waals surface area (Å²) in [7, 11) is 3.17. The average Bonchev–Trinajstić information content (AvgIpc) is 2.79. The molecular weight excluding hydrogens is 266 g/mol. The van der Waals surface area contributed by atoms with Crippen molar-refractivity contribution in [1.29, 1.82) is 0 Å². The standard InChI is InChI=1S/C17H25NO3/c1-20-14-8-7-13(11-15(14)21-2)16(19)17(12-18)9-5-3-4-6-10-17/h7-8,11H,3-6,9-10,12,18H2,1-2H3. The van der Waals surface area contributed by atoms with Crippen LogP contribution in [-0.4, -0.2) is 26.5 Å². The predicted molar refractivity (Wildman–Crippen MR) is 83.1 cm³/mol. The second kappa shape index (κ2) is 6.94. The van der Waals surface area contributed by atoms with Crippen molar-refractivity contribution in [3.8, 4) is 11.5 Å². The smallest absolute Gasteiger partial charge is 0.170 e. The molecule has 0 saturated heterocycles. The lowest BCUT2D eigenvalue weighted by atomic mass is 9.74. The SMILES string of the molecule is COc1ccc(C(=O)C2(CN)CCCCCC2)cc1OC. The van der Waals surface area contributed by atoms with Gasteiger partial charge in [0.05, 0.1) is 14.2 Å². The van der Waals surface area contributed by atoms with Crippen LogP contribution < -0.4 is 15.2 Å². The first-order valence-corrected chi connectivity index (χ1v) is 7.64. The lowest BCUT2D eigenvalue weighted by molar-refractivity contribution is 0.0774. The highest BCUT2D eigenvalue weighted by molar-refractivity contribution is 6.01. The topological polar surface area (TPSA) is 61.5 Å². The highest BCUT2D eigenvalue weighted by Crippen LogP contribution is 2.38. The summed E-state index contributed by atoms with van der Waals surface area (Å²) >= 11 is 0. The second-order valence-electron chi connectivity index (χ2n) is 5.80. The van der Waals surface area contributed by atoms with E-state index in [1.54, 1.807) is 26.4 Å². The molecule has 21 heavy (non-hydrogen) atoms. The zero-order valence-corrected chi connectivity index (χ0v) is 13.0. The van der Waals surface area contributed by atoms with Gasteiger partial charge in [-0.15, -0.1) is 0 Å². The minimum Gasteiger partial charge on any atom is -0.493 e. The van der Waals surface area contributed by atoms with Crippen LogP contribution >= 0.6 is 0 Å². The number of ether oxygens (including phenoxy) is 2. The molecule has 0 amide bonds. The van der Waals surface area contributed by atoms with Gasteiger partial charge in [0.1, 0.15) is 0 Å². The lowest BCUT2D eigenvalue weighted by Gasteiger charge is -2.30. The quantitative estimate of drug-likeness (QED) is 0.668. The summed E-state index contributed by atoms with van der Waals surface area (Å²) in [6, 6.07) is 5.36. The molecule has 0 atom stereocenters. The molecule has 0 aromatic heterocycles. The largest absolute Gasteiger partial charge is 0.493 e. The third-order valence-electron chi connectivity index (χ3n) is 4.58. The Balaban J connectivity index is 2.32. The van der Waals surface area contributed by atoms with Crippen molar-refractivity contribution in [3.63, 3.8) is 0 Å². The molecule has 1 fully saturated rings. The second-order valence-corrected chi connectivity index (χ2v) is 5.80. The molecule has 2 N–H and O–H groups in total. The summed E-state index contributed by atoms with van der Waals surface area (Å²) in [5.74, 6) is 1.37. The van der Waals surface area contributed by atoms with Gasteiger partial charge in [0, 0.05) is 17.5 Å². The van der Waals surface area contributed by atoms with Crippen LogP contribution in [0.4, 0.5) is 0 Å². The van der Waals surface area contributed by atoms with E-state index in [0.29, 0.717) is 23.6 Å². The third-order valence-corrected chi connectivity index (χ3v) is 4.58. The van der Waals surface area contributed by atoms with E-state index < -0.39 is 5.41 Å². The fraction of sp³-hybridized carbons (Fsp3) is 0.588. The normalized spacial score (nSPS) is 17.9. The van der Waals surface area contributed by atoms with Crippen molar-refractivity contribution in [2.75, 3.05) is 20.8 Å². The number of nitrogens with two attached hydrogens (primary N) is 1. The van der Waals surface area contributed by atoms with Crippen LogP contribution in [0.3, 0.4) is 0 Å². The van der Waals surface area contributed by atoms with Crippen LogP contribution in [0.15, 0.2) is 18.2 Å². The highest BCUT2D eigenvalue weighted by Gasteiger charge is 2.37. The van der Waals surface area contributed by atoms with Gasteiger partial charge in [-0.05, 0) is 31.0 Å². The van der Waals surface area contributed by atoms with Gasteiger partial charge in [-0.2, -0.15) is 0 Å². The van der Waals surface area contributed by atoms with Crippen LogP contribution in [0.2, 0.25) is 0 Å². The summed E-state index contributed by atoms with van der Waals surface area (Å²) in [6.45, 7) is 0.417. The number of ketones is 1. The zero-order valence-electron chi connectivity index (χ0n) is 13.0. The third kappa shape index (κ3) is 3.21. The molecule has 0 bridgehead atoms. The average molecular weight is 291 g/mol. The summed E-state index contributed by atoms with van der Waals surface area (Å²) in [6.07, 6.45) is 6.32. The molecule has 1 aliphatic carbocycles. The van der Waals surface area contributed by atoms with Crippen molar-refractivity contribution < 1.29 is 14.3 Å². The van der Waals surface area contributed by atoms with Crippen molar-refractivity contribution >= 4 is 5.78 Å². The molecule has 0 aliphatic heterocycles. The highest BCUT2D eigenvalue weighted by atomic mass is 16.5. The number of rotatable bonds is 5. The van der Waals surface area contributed by atoms with E-state index in [1.807, 2.05) is 6.07 Å². The Morgan fingerprint density at radius 1 is 1.10 bits per heavy atom. The Morgan fingerprint density at radius 3 is 2.24 bits per heavy atom. The van der Waals surface area contributed by atoms with E-state index in [2.05, 4.69) is 0 Å². The molecule has 2 rings (SSSR count). The van der Waals surface area contributed by atoms with E-state index in [1.165, 1.54) is 12.8 Å². The molecule has 0 radical (unpaired) electrons. The summed E-state index contributed by atoms with van der Waals surface area (Å²) in [5, 5.41) is 0. The maximum absolute atomic E-state index is 13.0. The Labute approximate surface area is 126 Å². The Morgan fingerprint density at radius 2 is 1.71 bits per heavy atom.